The van der Waals surface area contributed by atoms with Crippen LogP contribution in [0.2, 0.25) is 10.0 Å². The van der Waals surface area contributed by atoms with Crippen LogP contribution in [0.3, 0.4) is 0 Å². The fourth-order valence-electron chi connectivity index (χ4n) is 2.11. The molecule has 2 aromatic rings. The van der Waals surface area contributed by atoms with E-state index in [-0.39, 0.29) is 5.75 Å². The highest BCUT2D eigenvalue weighted by Gasteiger charge is 2.03. The first-order valence-electron chi connectivity index (χ1n) is 7.51. The molecule has 6 heteroatoms. The zero-order chi connectivity index (χ0) is 19.9. The molecule has 0 spiro atoms. The van der Waals surface area contributed by atoms with Gasteiger partial charge in [0, 0.05) is 22.8 Å². The molecule has 0 aromatic heterocycles. The monoisotopic (exact) mass is 408 g/mol. The average molecular weight is 409 g/mol. The van der Waals surface area contributed by atoms with E-state index in [1.54, 1.807) is 12.1 Å². The van der Waals surface area contributed by atoms with Crippen molar-refractivity contribution in [2.24, 2.45) is 0 Å². The van der Waals surface area contributed by atoms with Crippen molar-refractivity contribution in [3.63, 3.8) is 0 Å². The Balaban J connectivity index is 0.00000146. The van der Waals surface area contributed by atoms with E-state index in [0.717, 1.165) is 29.8 Å². The molecular weight excluding hydrogens is 387 g/mol. The normalized spacial score (nSPS) is 9.19. The van der Waals surface area contributed by atoms with Crippen LogP contribution in [-0.4, -0.2) is 17.9 Å². The maximum Gasteiger partial charge on any atom is 0.139 e. The number of aromatic hydroxyl groups is 1. The summed E-state index contributed by atoms with van der Waals surface area (Å²) in [6, 6.07) is 11.1. The highest BCUT2D eigenvalue weighted by Crippen LogP contribution is 2.26. The van der Waals surface area contributed by atoms with E-state index in [4.69, 9.17) is 23.2 Å². The summed E-state index contributed by atoms with van der Waals surface area (Å²) >= 11 is 13.4. The number of hydrogen-bond acceptors (Lipinski definition) is 4. The Morgan fingerprint density at radius 2 is 1.58 bits per heavy atom. The predicted octanol–water partition coefficient (Wildman–Crippen LogP) is 5.22. The van der Waals surface area contributed by atoms with Crippen LogP contribution in [0.25, 0.3) is 0 Å². The summed E-state index contributed by atoms with van der Waals surface area (Å²) in [7, 11) is 0. The Labute approximate surface area is 170 Å². The quantitative estimate of drug-likeness (QED) is 0.254. The van der Waals surface area contributed by atoms with E-state index in [1.807, 2.05) is 30.5 Å². The molecule has 26 heavy (non-hydrogen) atoms. The number of hydrogen-bond donors (Lipinski definition) is 3. The summed E-state index contributed by atoms with van der Waals surface area (Å²) in [6.07, 6.45) is 18.8. The lowest BCUT2D eigenvalue weighted by molar-refractivity contribution is 0.478. The van der Waals surface area contributed by atoms with Crippen LogP contribution in [0.4, 0.5) is 5.69 Å². The summed E-state index contributed by atoms with van der Waals surface area (Å²) in [5.41, 5.74) is 2.96. The maximum atomic E-state index is 9.72. The van der Waals surface area contributed by atoms with Crippen molar-refractivity contribution in [2.75, 3.05) is 17.5 Å². The second kappa shape index (κ2) is 14.2. The third kappa shape index (κ3) is 8.94. The number of benzene rings is 2. The summed E-state index contributed by atoms with van der Waals surface area (Å²) in [5.74, 6) is 0.264. The molecule has 0 radical (unpaired) electrons. The number of halogens is 2. The Hall–Kier alpha value is -1.95. The van der Waals surface area contributed by atoms with Crippen LogP contribution < -0.4 is 10.0 Å². The Kier molecular flexibility index (Phi) is 13.2. The second-order valence-corrected chi connectivity index (χ2v) is 6.35. The molecule has 0 unspecified atom stereocenters. The van der Waals surface area contributed by atoms with Gasteiger partial charge in [-0.3, -0.25) is 0 Å². The molecule has 0 heterocycles. The van der Waals surface area contributed by atoms with Gasteiger partial charge in [0.1, 0.15) is 5.75 Å². The molecule has 0 aliphatic rings. The fourth-order valence-corrected chi connectivity index (χ4v) is 3.06. The molecule has 0 saturated heterocycles. The first kappa shape index (κ1) is 24.1. The SMILES string of the molecule is C#C.C#C.CSNc1cc(CCNCc2cc(Cl)cc(Cl)c2)ccc1O. The number of nitrogens with one attached hydrogen (secondary N) is 2. The second-order valence-electron chi connectivity index (χ2n) is 4.86. The van der Waals surface area contributed by atoms with Crippen LogP contribution in [0.15, 0.2) is 36.4 Å². The van der Waals surface area contributed by atoms with Crippen molar-refractivity contribution < 1.29 is 5.11 Å². The summed E-state index contributed by atoms with van der Waals surface area (Å²) in [6.45, 7) is 1.54. The molecule has 2 rings (SSSR count). The third-order valence-corrected chi connectivity index (χ3v) is 3.98. The highest BCUT2D eigenvalue weighted by atomic mass is 35.5. The van der Waals surface area contributed by atoms with Crippen molar-refractivity contribution in [2.45, 2.75) is 13.0 Å². The molecule has 0 aliphatic heterocycles. The van der Waals surface area contributed by atoms with Crippen molar-refractivity contribution in [3.05, 3.63) is 57.6 Å². The zero-order valence-electron chi connectivity index (χ0n) is 14.5. The van der Waals surface area contributed by atoms with E-state index < -0.39 is 0 Å². The lowest BCUT2D eigenvalue weighted by Gasteiger charge is -2.09. The van der Waals surface area contributed by atoms with E-state index in [9.17, 15) is 5.11 Å². The topological polar surface area (TPSA) is 44.3 Å². The standard InChI is InChI=1S/C16H18Cl2N2OS.2C2H2/c1-22-20-15-8-11(2-3-16(15)21)4-5-19-10-12-6-13(17)9-14(18)7-12;2*1-2/h2-3,6-9,19-21H,4-5,10H2,1H3;2*1-2H. The van der Waals surface area contributed by atoms with Crippen molar-refractivity contribution >= 4 is 40.8 Å². The van der Waals surface area contributed by atoms with Crippen LogP contribution >= 0.6 is 35.1 Å². The van der Waals surface area contributed by atoms with E-state index >= 15 is 0 Å². The number of anilines is 1. The Morgan fingerprint density at radius 1 is 0.962 bits per heavy atom. The molecule has 138 valence electrons. The minimum Gasteiger partial charge on any atom is -0.506 e. The Bertz CT molecular complexity index is 691. The van der Waals surface area contributed by atoms with Gasteiger partial charge < -0.3 is 15.1 Å². The minimum absolute atomic E-state index is 0.264. The van der Waals surface area contributed by atoms with Gasteiger partial charge in [-0.1, -0.05) is 41.2 Å². The predicted molar refractivity (Wildman–Crippen MR) is 117 cm³/mol. The van der Waals surface area contributed by atoms with Crippen molar-refractivity contribution in [1.82, 2.24) is 5.32 Å². The number of phenols is 1. The molecule has 3 nitrogen and oxygen atoms in total. The lowest BCUT2D eigenvalue weighted by atomic mass is 10.1. The largest absolute Gasteiger partial charge is 0.506 e. The molecule has 2 aromatic carbocycles. The van der Waals surface area contributed by atoms with Gasteiger partial charge in [-0.2, -0.15) is 0 Å². The van der Waals surface area contributed by atoms with Crippen LogP contribution in [0, 0.1) is 25.7 Å². The van der Waals surface area contributed by atoms with Gasteiger partial charge in [-0.05, 0) is 54.4 Å². The maximum absolute atomic E-state index is 9.72. The average Bonchev–Trinajstić information content (AvgIpc) is 2.64. The number of terminal acetylenes is 2. The van der Waals surface area contributed by atoms with Gasteiger partial charge in [-0.25, -0.2) is 0 Å². The Morgan fingerprint density at radius 3 is 2.15 bits per heavy atom. The summed E-state index contributed by atoms with van der Waals surface area (Å²) < 4.78 is 3.06. The van der Waals surface area contributed by atoms with Gasteiger partial charge in [0.05, 0.1) is 5.69 Å². The van der Waals surface area contributed by atoms with Gasteiger partial charge in [0.2, 0.25) is 0 Å². The first-order valence-corrected chi connectivity index (χ1v) is 9.50. The smallest absolute Gasteiger partial charge is 0.139 e. The molecule has 0 bridgehead atoms. The van der Waals surface area contributed by atoms with Gasteiger partial charge in [-0.15, -0.1) is 25.7 Å². The summed E-state index contributed by atoms with van der Waals surface area (Å²) in [4.78, 5) is 0. The fraction of sp³-hybridized carbons (Fsp3) is 0.200. The van der Waals surface area contributed by atoms with E-state index in [1.165, 1.54) is 11.9 Å². The summed E-state index contributed by atoms with van der Waals surface area (Å²) in [5, 5.41) is 14.4. The first-order chi connectivity index (χ1) is 12.6. The van der Waals surface area contributed by atoms with E-state index in [2.05, 4.69) is 35.7 Å². The van der Waals surface area contributed by atoms with Gasteiger partial charge in [0.15, 0.2) is 0 Å². The van der Waals surface area contributed by atoms with Crippen LogP contribution in [0.1, 0.15) is 11.1 Å². The van der Waals surface area contributed by atoms with Crippen molar-refractivity contribution in [1.29, 1.82) is 0 Å². The molecule has 0 atom stereocenters. The third-order valence-electron chi connectivity index (χ3n) is 3.11. The molecular formula is C20H22Cl2N2OS. The van der Waals surface area contributed by atoms with Crippen LogP contribution in [-0.2, 0) is 13.0 Å². The highest BCUT2D eigenvalue weighted by molar-refractivity contribution is 7.99. The number of phenolic OH excluding ortho intramolecular Hbond substituents is 1. The lowest BCUT2D eigenvalue weighted by Crippen LogP contribution is -2.16. The molecule has 0 fully saturated rings. The molecule has 0 saturated carbocycles. The molecule has 0 amide bonds. The molecule has 3 N–H and O–H groups in total. The van der Waals surface area contributed by atoms with E-state index in [0.29, 0.717) is 16.6 Å². The molecule has 0 aliphatic carbocycles. The van der Waals surface area contributed by atoms with Crippen molar-refractivity contribution in [3.8, 4) is 31.4 Å². The minimum atomic E-state index is 0.264. The zero-order valence-corrected chi connectivity index (χ0v) is 16.8. The van der Waals surface area contributed by atoms with Gasteiger partial charge >= 0.3 is 0 Å². The van der Waals surface area contributed by atoms with Crippen LogP contribution in [0.5, 0.6) is 5.75 Å². The number of rotatable bonds is 7. The van der Waals surface area contributed by atoms with Gasteiger partial charge in [0.25, 0.3) is 0 Å².